The van der Waals surface area contributed by atoms with Crippen LogP contribution in [0.15, 0.2) is 18.2 Å². The number of hydrogen-bond donors (Lipinski definition) is 0. The molecule has 3 nitrogen and oxygen atoms in total. The Kier molecular flexibility index (Phi) is 2.52. The van der Waals surface area contributed by atoms with Crippen LogP contribution in [0.2, 0.25) is 0 Å². The Morgan fingerprint density at radius 2 is 2.00 bits per heavy atom. The molecule has 0 amide bonds. The first kappa shape index (κ1) is 9.25. The Labute approximate surface area is 84.5 Å². The molecule has 72 valence electrons. The highest BCUT2D eigenvalue weighted by molar-refractivity contribution is 6.30. The summed E-state index contributed by atoms with van der Waals surface area (Å²) in [5.74, 6) is 1.37. The van der Waals surface area contributed by atoms with Crippen LogP contribution in [0, 0.1) is 0 Å². The number of pyridine rings is 1. The van der Waals surface area contributed by atoms with E-state index in [9.17, 15) is 4.79 Å². The van der Waals surface area contributed by atoms with Crippen LogP contribution in [-0.4, -0.2) is 31.7 Å². The number of ketones is 1. The first-order valence-corrected chi connectivity index (χ1v) is 4.96. The second kappa shape index (κ2) is 3.82. The minimum Gasteiger partial charge on any atom is -0.356 e. The maximum Gasteiger partial charge on any atom is 0.164 e. The fraction of sp³-hybridized carbons (Fsp3) is 0.400. The van der Waals surface area contributed by atoms with Gasteiger partial charge in [-0.2, -0.15) is 0 Å². The fourth-order valence-corrected chi connectivity index (χ4v) is 1.69. The highest BCUT2D eigenvalue weighted by atomic mass is 16.1. The van der Waals surface area contributed by atoms with Crippen molar-refractivity contribution in [2.75, 3.05) is 18.0 Å². The van der Waals surface area contributed by atoms with Gasteiger partial charge in [-0.15, -0.1) is 0 Å². The van der Waals surface area contributed by atoms with Gasteiger partial charge in [-0.05, 0) is 11.7 Å². The lowest BCUT2D eigenvalue weighted by Gasteiger charge is -2.27. The van der Waals surface area contributed by atoms with E-state index < -0.39 is 0 Å². The predicted molar refractivity (Wildman–Crippen MR) is 58.9 cm³/mol. The summed E-state index contributed by atoms with van der Waals surface area (Å²) in [6.45, 7) is 1.63. The topological polar surface area (TPSA) is 33.2 Å². The first-order chi connectivity index (χ1) is 6.75. The molecule has 2 rings (SSSR count). The summed E-state index contributed by atoms with van der Waals surface area (Å²) in [6.07, 6.45) is 1.32. The van der Waals surface area contributed by atoms with Gasteiger partial charge in [-0.1, -0.05) is 12.1 Å². The predicted octanol–water partition coefficient (Wildman–Crippen LogP) is -0.491. The zero-order valence-corrected chi connectivity index (χ0v) is 8.36. The molecule has 1 aromatic rings. The van der Waals surface area contributed by atoms with Gasteiger partial charge in [0.1, 0.15) is 11.6 Å². The summed E-state index contributed by atoms with van der Waals surface area (Å²) < 4.78 is 0. The molecule has 1 aliphatic heterocycles. The quantitative estimate of drug-likeness (QED) is 0.557. The van der Waals surface area contributed by atoms with Crippen LogP contribution in [0.4, 0.5) is 5.82 Å². The first-order valence-electron chi connectivity index (χ1n) is 4.96. The van der Waals surface area contributed by atoms with E-state index in [-0.39, 0.29) is 0 Å². The summed E-state index contributed by atoms with van der Waals surface area (Å²) in [7, 11) is 1.98. The third-order valence-electron chi connectivity index (χ3n) is 2.52. The number of anilines is 1. The van der Waals surface area contributed by atoms with Gasteiger partial charge in [0, 0.05) is 25.9 Å². The van der Waals surface area contributed by atoms with E-state index in [1.807, 2.05) is 26.0 Å². The minimum absolute atomic E-state index is 0.369. The van der Waals surface area contributed by atoms with Crippen molar-refractivity contribution in [1.29, 1.82) is 0 Å². The van der Waals surface area contributed by atoms with E-state index in [0.29, 0.717) is 18.6 Å². The van der Waals surface area contributed by atoms with Crippen molar-refractivity contribution in [3.8, 4) is 0 Å². The van der Waals surface area contributed by atoms with Crippen LogP contribution in [-0.2, 0) is 4.79 Å². The van der Waals surface area contributed by atoms with Gasteiger partial charge in [-0.3, -0.25) is 4.79 Å². The molecule has 0 radical (unpaired) electrons. The number of piperidine rings is 1. The lowest BCUT2D eigenvalue weighted by atomic mass is 10.0. The molecule has 0 spiro atoms. The van der Waals surface area contributed by atoms with Gasteiger partial charge in [0.25, 0.3) is 0 Å². The summed E-state index contributed by atoms with van der Waals surface area (Å²) in [5, 5.41) is 0. The number of carbonyl (C=O) groups is 1. The van der Waals surface area contributed by atoms with E-state index in [1.165, 1.54) is 0 Å². The Morgan fingerprint density at radius 1 is 1.29 bits per heavy atom. The van der Waals surface area contributed by atoms with E-state index in [1.54, 1.807) is 0 Å². The van der Waals surface area contributed by atoms with Crippen molar-refractivity contribution in [3.63, 3.8) is 0 Å². The minimum atomic E-state index is 0.369. The average molecular weight is 188 g/mol. The molecule has 1 fully saturated rings. The van der Waals surface area contributed by atoms with Crippen molar-refractivity contribution >= 4 is 25.0 Å². The van der Waals surface area contributed by atoms with Gasteiger partial charge < -0.3 is 4.90 Å². The number of aromatic nitrogens is 1. The standard InChI is InChI=1S/C10H13BN2O/c11-9-2-1-3-10(12-9)13-6-4-8(14)5-7-13/h1-3H,4-7,11H2. The largest absolute Gasteiger partial charge is 0.356 e. The number of hydrogen-bond acceptors (Lipinski definition) is 3. The monoisotopic (exact) mass is 188 g/mol. The Hall–Kier alpha value is -1.32. The Morgan fingerprint density at radius 3 is 2.64 bits per heavy atom. The summed E-state index contributed by atoms with van der Waals surface area (Å²) in [5.41, 5.74) is 1.03. The lowest BCUT2D eigenvalue weighted by molar-refractivity contribution is -0.119. The fourth-order valence-electron chi connectivity index (χ4n) is 1.69. The second-order valence-corrected chi connectivity index (χ2v) is 3.66. The van der Waals surface area contributed by atoms with E-state index in [2.05, 4.69) is 9.88 Å². The van der Waals surface area contributed by atoms with E-state index in [4.69, 9.17) is 0 Å². The summed E-state index contributed by atoms with van der Waals surface area (Å²) in [4.78, 5) is 17.7. The molecule has 0 aromatic carbocycles. The number of rotatable bonds is 1. The second-order valence-electron chi connectivity index (χ2n) is 3.66. The van der Waals surface area contributed by atoms with Crippen LogP contribution in [0.5, 0.6) is 0 Å². The molecule has 0 atom stereocenters. The van der Waals surface area contributed by atoms with Crippen LogP contribution in [0.1, 0.15) is 12.8 Å². The van der Waals surface area contributed by atoms with E-state index in [0.717, 1.165) is 24.5 Å². The summed E-state index contributed by atoms with van der Waals surface area (Å²) in [6, 6.07) is 6.00. The van der Waals surface area contributed by atoms with Gasteiger partial charge >= 0.3 is 0 Å². The maximum atomic E-state index is 11.1. The summed E-state index contributed by atoms with van der Waals surface area (Å²) >= 11 is 0. The van der Waals surface area contributed by atoms with Crippen LogP contribution >= 0.6 is 0 Å². The van der Waals surface area contributed by atoms with Crippen molar-refractivity contribution in [1.82, 2.24) is 4.98 Å². The molecular weight excluding hydrogens is 175 g/mol. The molecule has 1 aliphatic rings. The van der Waals surface area contributed by atoms with Gasteiger partial charge in [0.15, 0.2) is 7.85 Å². The maximum absolute atomic E-state index is 11.1. The number of nitrogens with zero attached hydrogens (tertiary/aromatic N) is 2. The molecule has 0 aliphatic carbocycles. The van der Waals surface area contributed by atoms with Crippen molar-refractivity contribution < 1.29 is 4.79 Å². The number of carbonyl (C=O) groups excluding carboxylic acids is 1. The molecule has 1 aromatic heterocycles. The molecule has 4 heteroatoms. The Bertz CT molecular complexity index is 344. The molecule has 0 bridgehead atoms. The molecule has 0 N–H and O–H groups in total. The molecule has 0 saturated carbocycles. The lowest BCUT2D eigenvalue weighted by Crippen LogP contribution is -2.35. The average Bonchev–Trinajstić information content (AvgIpc) is 2.19. The molecule has 14 heavy (non-hydrogen) atoms. The Balaban J connectivity index is 2.12. The highest BCUT2D eigenvalue weighted by Gasteiger charge is 2.16. The molecule has 1 saturated heterocycles. The molecule has 0 unspecified atom stereocenters. The molecular formula is C10H13BN2O. The van der Waals surface area contributed by atoms with Crippen molar-refractivity contribution in [2.24, 2.45) is 0 Å². The van der Waals surface area contributed by atoms with Crippen LogP contribution < -0.4 is 10.5 Å². The van der Waals surface area contributed by atoms with Crippen LogP contribution in [0.3, 0.4) is 0 Å². The van der Waals surface area contributed by atoms with Gasteiger partial charge in [0.05, 0.1) is 0 Å². The highest BCUT2D eigenvalue weighted by Crippen LogP contribution is 2.13. The van der Waals surface area contributed by atoms with Crippen molar-refractivity contribution in [2.45, 2.75) is 12.8 Å². The van der Waals surface area contributed by atoms with Gasteiger partial charge in [-0.25, -0.2) is 4.98 Å². The van der Waals surface area contributed by atoms with Crippen molar-refractivity contribution in [3.05, 3.63) is 18.2 Å². The van der Waals surface area contributed by atoms with Gasteiger partial charge in [0.2, 0.25) is 0 Å². The number of Topliss-reactive ketones (excluding diaryl/α,β-unsaturated/α-hetero) is 1. The van der Waals surface area contributed by atoms with E-state index >= 15 is 0 Å². The molecule has 2 heterocycles. The SMILES string of the molecule is Bc1cccc(N2CCC(=O)CC2)n1. The third-order valence-corrected chi connectivity index (χ3v) is 2.52. The van der Waals surface area contributed by atoms with Crippen LogP contribution in [0.25, 0.3) is 0 Å². The zero-order chi connectivity index (χ0) is 9.97. The normalized spacial score (nSPS) is 17.1. The zero-order valence-electron chi connectivity index (χ0n) is 8.36. The third kappa shape index (κ3) is 1.95. The smallest absolute Gasteiger partial charge is 0.164 e.